The van der Waals surface area contributed by atoms with E-state index in [-0.39, 0.29) is 18.5 Å². The first kappa shape index (κ1) is 11.9. The minimum absolute atomic E-state index is 0.241. The van der Waals surface area contributed by atoms with Gasteiger partial charge in [-0.3, -0.25) is 9.59 Å². The summed E-state index contributed by atoms with van der Waals surface area (Å²) in [6.07, 6.45) is 1.16. The van der Waals surface area contributed by atoms with E-state index in [0.29, 0.717) is 19.3 Å². The van der Waals surface area contributed by atoms with Crippen molar-refractivity contribution in [3.63, 3.8) is 0 Å². The number of carbonyl (C=O) groups is 2. The molecule has 75 valence electrons. The summed E-state index contributed by atoms with van der Waals surface area (Å²) < 4.78 is 9.40. The molecule has 0 aliphatic carbocycles. The van der Waals surface area contributed by atoms with E-state index in [0.717, 1.165) is 0 Å². The second-order valence-electron chi connectivity index (χ2n) is 2.37. The molecule has 0 unspecified atom stereocenters. The fourth-order valence-corrected chi connectivity index (χ4v) is 0.558. The highest BCUT2D eigenvalue weighted by Gasteiger charge is 2.00. The molecule has 0 aromatic heterocycles. The molecule has 0 saturated carbocycles. The molecule has 13 heavy (non-hydrogen) atoms. The molecule has 0 aliphatic heterocycles. The van der Waals surface area contributed by atoms with Crippen molar-refractivity contribution in [2.45, 2.75) is 33.1 Å². The van der Waals surface area contributed by atoms with Crippen LogP contribution >= 0.6 is 0 Å². The lowest BCUT2D eigenvalue weighted by molar-refractivity contribution is -0.143. The summed E-state index contributed by atoms with van der Waals surface area (Å²) >= 11 is 0. The molecule has 0 heterocycles. The zero-order valence-electron chi connectivity index (χ0n) is 8.04. The van der Waals surface area contributed by atoms with Crippen LogP contribution in [0, 0.1) is 6.61 Å². The quantitative estimate of drug-likeness (QED) is 0.466. The Bertz CT molecular complexity index is 147. The molecule has 0 fully saturated rings. The normalized spacial score (nSPS) is 9.38. The van der Waals surface area contributed by atoms with Gasteiger partial charge in [0.05, 0.1) is 6.61 Å². The summed E-state index contributed by atoms with van der Waals surface area (Å²) in [6.45, 7) is 5.06. The average molecular weight is 187 g/mol. The van der Waals surface area contributed by atoms with Crippen LogP contribution < -0.4 is 0 Å². The monoisotopic (exact) mass is 187 g/mol. The molecular formula is C9H15O4. The van der Waals surface area contributed by atoms with Crippen molar-refractivity contribution in [2.75, 3.05) is 6.61 Å². The first-order valence-corrected chi connectivity index (χ1v) is 4.37. The minimum atomic E-state index is -0.276. The fraction of sp³-hybridized carbons (Fsp3) is 0.667. The molecule has 0 amide bonds. The Balaban J connectivity index is 3.17. The third-order valence-corrected chi connectivity index (χ3v) is 1.29. The Kier molecular flexibility index (Phi) is 6.96. The van der Waals surface area contributed by atoms with Crippen molar-refractivity contribution < 1.29 is 19.1 Å². The van der Waals surface area contributed by atoms with Gasteiger partial charge in [0.15, 0.2) is 0 Å². The van der Waals surface area contributed by atoms with Gasteiger partial charge in [-0.05, 0) is 0 Å². The van der Waals surface area contributed by atoms with Crippen molar-refractivity contribution in [3.05, 3.63) is 6.61 Å². The van der Waals surface area contributed by atoms with Crippen LogP contribution in [-0.2, 0) is 19.1 Å². The van der Waals surface area contributed by atoms with E-state index in [2.05, 4.69) is 4.74 Å². The smallest absolute Gasteiger partial charge is 0.305 e. The summed E-state index contributed by atoms with van der Waals surface area (Å²) in [5.74, 6) is -0.517. The minimum Gasteiger partial charge on any atom is -0.466 e. The van der Waals surface area contributed by atoms with Crippen LogP contribution in [0.3, 0.4) is 0 Å². The summed E-state index contributed by atoms with van der Waals surface area (Å²) in [7, 11) is 0. The molecule has 0 atom stereocenters. The molecule has 0 aliphatic rings. The molecule has 0 bridgehead atoms. The van der Waals surface area contributed by atoms with Gasteiger partial charge in [0.2, 0.25) is 0 Å². The molecule has 4 heteroatoms. The summed E-state index contributed by atoms with van der Waals surface area (Å²) in [6, 6.07) is 0. The van der Waals surface area contributed by atoms with Crippen molar-refractivity contribution in [3.8, 4) is 0 Å². The number of esters is 2. The van der Waals surface area contributed by atoms with Crippen molar-refractivity contribution >= 4 is 11.9 Å². The maximum absolute atomic E-state index is 10.6. The number of rotatable bonds is 6. The predicted molar refractivity (Wildman–Crippen MR) is 46.6 cm³/mol. The van der Waals surface area contributed by atoms with Crippen molar-refractivity contribution in [2.24, 2.45) is 0 Å². The van der Waals surface area contributed by atoms with Crippen LogP contribution in [0.15, 0.2) is 0 Å². The average Bonchev–Trinajstić information content (AvgIpc) is 2.16. The highest BCUT2D eigenvalue weighted by atomic mass is 16.5. The lowest BCUT2D eigenvalue weighted by Crippen LogP contribution is -2.06. The van der Waals surface area contributed by atoms with Gasteiger partial charge in [0.1, 0.15) is 6.61 Å². The zero-order chi connectivity index (χ0) is 10.1. The van der Waals surface area contributed by atoms with E-state index in [9.17, 15) is 9.59 Å². The summed E-state index contributed by atoms with van der Waals surface area (Å²) in [5.41, 5.74) is 0. The van der Waals surface area contributed by atoms with Gasteiger partial charge in [-0.2, -0.15) is 0 Å². The number of ether oxygens (including phenoxy) is 2. The lowest BCUT2D eigenvalue weighted by atomic mass is 10.4. The van der Waals surface area contributed by atoms with Crippen molar-refractivity contribution in [1.82, 2.24) is 0 Å². The molecule has 0 spiro atoms. The van der Waals surface area contributed by atoms with Crippen LogP contribution in [0.1, 0.15) is 33.1 Å². The Morgan fingerprint density at radius 2 is 1.77 bits per heavy atom. The Hall–Kier alpha value is -1.06. The van der Waals surface area contributed by atoms with Gasteiger partial charge >= 0.3 is 11.9 Å². The fourth-order valence-electron chi connectivity index (χ4n) is 0.558. The molecule has 0 saturated heterocycles. The zero-order valence-corrected chi connectivity index (χ0v) is 8.04. The van der Waals surface area contributed by atoms with Crippen molar-refractivity contribution in [1.29, 1.82) is 0 Å². The predicted octanol–water partition coefficient (Wildman–Crippen LogP) is 1.44. The third-order valence-electron chi connectivity index (χ3n) is 1.29. The highest BCUT2D eigenvalue weighted by molar-refractivity contribution is 5.69. The molecule has 1 radical (unpaired) electrons. The van der Waals surface area contributed by atoms with Crippen LogP contribution in [0.2, 0.25) is 0 Å². The molecule has 0 rings (SSSR count). The molecule has 0 aromatic carbocycles. The Morgan fingerprint density at radius 3 is 2.31 bits per heavy atom. The van der Waals surface area contributed by atoms with Gasteiger partial charge in [-0.15, -0.1) is 0 Å². The third kappa shape index (κ3) is 7.31. The first-order valence-electron chi connectivity index (χ1n) is 4.37. The Morgan fingerprint density at radius 1 is 1.15 bits per heavy atom. The van der Waals surface area contributed by atoms with Crippen LogP contribution in [-0.4, -0.2) is 18.5 Å². The van der Waals surface area contributed by atoms with E-state index >= 15 is 0 Å². The standard InChI is InChI=1S/C9H15O4/c1-3-8(10)12-6-5-7-13-9(11)4-2/h6H,3-5,7H2,1-2H3. The summed E-state index contributed by atoms with van der Waals surface area (Å²) in [5, 5.41) is 0. The van der Waals surface area contributed by atoms with E-state index < -0.39 is 0 Å². The van der Waals surface area contributed by atoms with Gasteiger partial charge in [-0.25, -0.2) is 0 Å². The number of hydrogen-bond donors (Lipinski definition) is 0. The van der Waals surface area contributed by atoms with Crippen LogP contribution in [0.4, 0.5) is 0 Å². The second-order valence-corrected chi connectivity index (χ2v) is 2.37. The molecule has 0 N–H and O–H groups in total. The van der Waals surface area contributed by atoms with E-state index in [1.807, 2.05) is 0 Å². The van der Waals surface area contributed by atoms with Gasteiger partial charge in [0, 0.05) is 19.3 Å². The Labute approximate surface area is 78.2 Å². The van der Waals surface area contributed by atoms with Gasteiger partial charge in [-0.1, -0.05) is 13.8 Å². The molecule has 0 aromatic rings. The molecular weight excluding hydrogens is 172 g/mol. The van der Waals surface area contributed by atoms with E-state index in [1.54, 1.807) is 13.8 Å². The first-order chi connectivity index (χ1) is 6.20. The van der Waals surface area contributed by atoms with E-state index in [1.165, 1.54) is 6.61 Å². The number of carbonyl (C=O) groups excluding carboxylic acids is 2. The number of hydrogen-bond acceptors (Lipinski definition) is 4. The summed E-state index contributed by atoms with van der Waals surface area (Å²) in [4.78, 5) is 21.2. The SMILES string of the molecule is CCC(=O)O[CH]CCOC(=O)CC. The van der Waals surface area contributed by atoms with Gasteiger partial charge < -0.3 is 9.47 Å². The maximum Gasteiger partial charge on any atom is 0.305 e. The highest BCUT2D eigenvalue weighted by Crippen LogP contribution is 1.95. The second kappa shape index (κ2) is 7.58. The largest absolute Gasteiger partial charge is 0.466 e. The van der Waals surface area contributed by atoms with Crippen LogP contribution in [0.25, 0.3) is 0 Å². The van der Waals surface area contributed by atoms with Crippen LogP contribution in [0.5, 0.6) is 0 Å². The van der Waals surface area contributed by atoms with E-state index in [4.69, 9.17) is 4.74 Å². The molecule has 4 nitrogen and oxygen atoms in total. The topological polar surface area (TPSA) is 52.6 Å². The maximum atomic E-state index is 10.6. The lowest BCUT2D eigenvalue weighted by Gasteiger charge is -2.03. The van der Waals surface area contributed by atoms with Gasteiger partial charge in [0.25, 0.3) is 0 Å².